The number of benzene rings is 1. The molecule has 1 aromatic carbocycles. The maximum atomic E-state index is 12.5. The number of thiophene rings is 1. The standard InChI is InChI=1S/C16H15ClO4S/c1-2-21-15(20)16(14(18)19,13-8-5-9-22-13)10-11-6-3-4-7-12(11)17/h3-9H,2,10H2,1H3,(H,18,19). The number of carbonyl (C=O) groups excluding carboxylic acids is 1. The fraction of sp³-hybridized carbons (Fsp3) is 0.250. The third kappa shape index (κ3) is 3.00. The third-order valence-electron chi connectivity index (χ3n) is 3.34. The summed E-state index contributed by atoms with van der Waals surface area (Å²) in [6.07, 6.45) is -0.0542. The number of aliphatic carboxylic acids is 1. The summed E-state index contributed by atoms with van der Waals surface area (Å²) in [6.45, 7) is 1.76. The van der Waals surface area contributed by atoms with E-state index in [1.165, 1.54) is 11.3 Å². The lowest BCUT2D eigenvalue weighted by Gasteiger charge is -2.26. The van der Waals surface area contributed by atoms with Crippen LogP contribution in [0.1, 0.15) is 17.4 Å². The molecule has 0 saturated heterocycles. The minimum atomic E-state index is -1.78. The second-order valence-corrected chi connectivity index (χ2v) is 6.03. The van der Waals surface area contributed by atoms with Gasteiger partial charge in [0, 0.05) is 16.3 Å². The van der Waals surface area contributed by atoms with Crippen LogP contribution in [-0.2, 0) is 26.2 Å². The summed E-state index contributed by atoms with van der Waals surface area (Å²) in [5, 5.41) is 12.0. The number of carbonyl (C=O) groups is 2. The topological polar surface area (TPSA) is 63.6 Å². The molecule has 0 bridgehead atoms. The van der Waals surface area contributed by atoms with Crippen LogP contribution in [0.15, 0.2) is 41.8 Å². The van der Waals surface area contributed by atoms with Crippen molar-refractivity contribution in [2.24, 2.45) is 0 Å². The highest BCUT2D eigenvalue weighted by molar-refractivity contribution is 7.10. The second-order valence-electron chi connectivity index (χ2n) is 4.68. The average Bonchev–Trinajstić information content (AvgIpc) is 3.00. The predicted molar refractivity (Wildman–Crippen MR) is 85.4 cm³/mol. The van der Waals surface area contributed by atoms with Crippen molar-refractivity contribution >= 4 is 34.9 Å². The molecular weight excluding hydrogens is 324 g/mol. The Bertz CT molecular complexity index is 669. The third-order valence-corrected chi connectivity index (χ3v) is 4.74. The van der Waals surface area contributed by atoms with Gasteiger partial charge < -0.3 is 9.84 Å². The molecule has 1 unspecified atom stereocenters. The molecule has 22 heavy (non-hydrogen) atoms. The van der Waals surface area contributed by atoms with Gasteiger partial charge in [0.05, 0.1) is 6.61 Å². The van der Waals surface area contributed by atoms with Gasteiger partial charge in [-0.3, -0.25) is 9.59 Å². The van der Waals surface area contributed by atoms with Crippen LogP contribution < -0.4 is 0 Å². The second kappa shape index (κ2) is 6.94. The molecule has 1 atom stereocenters. The Morgan fingerprint density at radius 3 is 2.55 bits per heavy atom. The van der Waals surface area contributed by atoms with Crippen molar-refractivity contribution in [3.05, 3.63) is 57.2 Å². The van der Waals surface area contributed by atoms with E-state index in [0.29, 0.717) is 15.5 Å². The van der Waals surface area contributed by atoms with Crippen LogP contribution in [0.25, 0.3) is 0 Å². The predicted octanol–water partition coefficient (Wildman–Crippen LogP) is 3.53. The highest BCUT2D eigenvalue weighted by atomic mass is 35.5. The Labute approximate surface area is 137 Å². The van der Waals surface area contributed by atoms with E-state index in [-0.39, 0.29) is 13.0 Å². The van der Waals surface area contributed by atoms with Crippen LogP contribution in [-0.4, -0.2) is 23.7 Å². The zero-order chi connectivity index (χ0) is 16.2. The molecule has 116 valence electrons. The molecule has 0 saturated carbocycles. The minimum Gasteiger partial charge on any atom is -0.480 e. The maximum absolute atomic E-state index is 12.5. The summed E-state index contributed by atoms with van der Waals surface area (Å²) >= 11 is 7.35. The molecule has 2 rings (SSSR count). The molecule has 4 nitrogen and oxygen atoms in total. The lowest BCUT2D eigenvalue weighted by molar-refractivity contribution is -0.161. The Balaban J connectivity index is 2.56. The molecule has 0 aliphatic rings. The lowest BCUT2D eigenvalue weighted by atomic mass is 9.80. The van der Waals surface area contributed by atoms with Gasteiger partial charge in [0.2, 0.25) is 5.41 Å². The van der Waals surface area contributed by atoms with Gasteiger partial charge in [-0.1, -0.05) is 35.9 Å². The molecule has 1 aromatic heterocycles. The van der Waals surface area contributed by atoms with Crippen molar-refractivity contribution in [1.82, 2.24) is 0 Å². The molecule has 0 radical (unpaired) electrons. The fourth-order valence-electron chi connectivity index (χ4n) is 2.23. The highest BCUT2D eigenvalue weighted by Gasteiger charge is 2.50. The normalized spacial score (nSPS) is 13.4. The van der Waals surface area contributed by atoms with E-state index in [1.54, 1.807) is 48.7 Å². The van der Waals surface area contributed by atoms with E-state index in [2.05, 4.69) is 0 Å². The molecule has 1 N–H and O–H groups in total. The molecule has 0 aliphatic heterocycles. The van der Waals surface area contributed by atoms with Crippen molar-refractivity contribution in [2.45, 2.75) is 18.8 Å². The average molecular weight is 339 g/mol. The minimum absolute atomic E-state index is 0.0542. The van der Waals surface area contributed by atoms with Gasteiger partial charge in [-0.25, -0.2) is 0 Å². The van der Waals surface area contributed by atoms with Gasteiger partial charge in [-0.15, -0.1) is 11.3 Å². The van der Waals surface area contributed by atoms with E-state index in [4.69, 9.17) is 16.3 Å². The summed E-state index contributed by atoms with van der Waals surface area (Å²) < 4.78 is 5.05. The number of ether oxygens (including phenoxy) is 1. The fourth-order valence-corrected chi connectivity index (χ4v) is 3.34. The number of esters is 1. The number of carboxylic acids is 1. The number of carboxylic acid groups (broad SMARTS) is 1. The van der Waals surface area contributed by atoms with Gasteiger partial charge in [0.25, 0.3) is 0 Å². The zero-order valence-corrected chi connectivity index (χ0v) is 13.5. The van der Waals surface area contributed by atoms with Crippen LogP contribution in [0.2, 0.25) is 5.02 Å². The van der Waals surface area contributed by atoms with Gasteiger partial charge >= 0.3 is 11.9 Å². The molecule has 0 amide bonds. The molecular formula is C16H15ClO4S. The molecule has 6 heteroatoms. The van der Waals surface area contributed by atoms with Crippen LogP contribution >= 0.6 is 22.9 Å². The summed E-state index contributed by atoms with van der Waals surface area (Å²) in [4.78, 5) is 24.9. The number of rotatable bonds is 6. The summed E-state index contributed by atoms with van der Waals surface area (Å²) in [6, 6.07) is 10.2. The van der Waals surface area contributed by atoms with Crippen LogP contribution in [0.3, 0.4) is 0 Å². The van der Waals surface area contributed by atoms with Crippen molar-refractivity contribution in [2.75, 3.05) is 6.61 Å². The summed E-state index contributed by atoms with van der Waals surface area (Å²) in [5.74, 6) is -2.02. The van der Waals surface area contributed by atoms with Crippen LogP contribution in [0.5, 0.6) is 0 Å². The monoisotopic (exact) mass is 338 g/mol. The lowest BCUT2D eigenvalue weighted by Crippen LogP contribution is -2.46. The van der Waals surface area contributed by atoms with Crippen LogP contribution in [0, 0.1) is 0 Å². The molecule has 0 fully saturated rings. The first-order valence-electron chi connectivity index (χ1n) is 6.70. The van der Waals surface area contributed by atoms with E-state index >= 15 is 0 Å². The highest BCUT2D eigenvalue weighted by Crippen LogP contribution is 2.35. The van der Waals surface area contributed by atoms with E-state index < -0.39 is 17.4 Å². The number of hydrogen-bond acceptors (Lipinski definition) is 4. The maximum Gasteiger partial charge on any atom is 0.329 e. The van der Waals surface area contributed by atoms with E-state index in [9.17, 15) is 14.7 Å². The largest absolute Gasteiger partial charge is 0.480 e. The van der Waals surface area contributed by atoms with Crippen molar-refractivity contribution in [3.63, 3.8) is 0 Å². The SMILES string of the molecule is CCOC(=O)C(Cc1ccccc1Cl)(C(=O)O)c1cccs1. The van der Waals surface area contributed by atoms with E-state index in [0.717, 1.165) is 0 Å². The Morgan fingerprint density at radius 2 is 2.00 bits per heavy atom. The van der Waals surface area contributed by atoms with Crippen molar-refractivity contribution in [3.8, 4) is 0 Å². The smallest absolute Gasteiger partial charge is 0.329 e. The van der Waals surface area contributed by atoms with Crippen molar-refractivity contribution < 1.29 is 19.4 Å². The molecule has 0 spiro atoms. The van der Waals surface area contributed by atoms with Gasteiger partial charge in [0.15, 0.2) is 0 Å². The Kier molecular flexibility index (Phi) is 5.21. The quantitative estimate of drug-likeness (QED) is 0.646. The Hall–Kier alpha value is -1.85. The van der Waals surface area contributed by atoms with Gasteiger partial charge in [-0.05, 0) is 30.0 Å². The first kappa shape index (κ1) is 16.5. The number of hydrogen-bond donors (Lipinski definition) is 1. The summed E-state index contributed by atoms with van der Waals surface area (Å²) in [7, 11) is 0. The molecule has 2 aromatic rings. The van der Waals surface area contributed by atoms with Gasteiger partial charge in [-0.2, -0.15) is 0 Å². The summed E-state index contributed by atoms with van der Waals surface area (Å²) in [5.41, 5.74) is -1.19. The van der Waals surface area contributed by atoms with E-state index in [1.807, 2.05) is 0 Å². The van der Waals surface area contributed by atoms with Gasteiger partial charge in [0.1, 0.15) is 0 Å². The van der Waals surface area contributed by atoms with Crippen molar-refractivity contribution in [1.29, 1.82) is 0 Å². The van der Waals surface area contributed by atoms with Crippen LogP contribution in [0.4, 0.5) is 0 Å². The first-order valence-corrected chi connectivity index (χ1v) is 7.96. The first-order chi connectivity index (χ1) is 10.5. The number of halogens is 1. The zero-order valence-electron chi connectivity index (χ0n) is 11.9. The molecule has 1 heterocycles. The molecule has 0 aliphatic carbocycles. The Morgan fingerprint density at radius 1 is 1.27 bits per heavy atom.